The van der Waals surface area contributed by atoms with Crippen molar-refractivity contribution in [3.8, 4) is 0 Å². The Morgan fingerprint density at radius 2 is 1.95 bits per heavy atom. The number of hydrogen-bond acceptors (Lipinski definition) is 4. The Labute approximate surface area is 135 Å². The van der Waals surface area contributed by atoms with Crippen molar-refractivity contribution in [1.82, 2.24) is 9.80 Å². The van der Waals surface area contributed by atoms with Gasteiger partial charge in [-0.25, -0.2) is 0 Å². The number of amides is 1. The van der Waals surface area contributed by atoms with Crippen molar-refractivity contribution in [3.63, 3.8) is 0 Å². The molecule has 2 heterocycles. The average molecular weight is 325 g/mol. The molecule has 0 unspecified atom stereocenters. The van der Waals surface area contributed by atoms with Gasteiger partial charge in [0.05, 0.1) is 31.8 Å². The lowest BCUT2D eigenvalue weighted by Crippen LogP contribution is -2.58. The lowest BCUT2D eigenvalue weighted by molar-refractivity contribution is -0.157. The van der Waals surface area contributed by atoms with Crippen molar-refractivity contribution in [1.29, 1.82) is 0 Å². The van der Waals surface area contributed by atoms with Gasteiger partial charge in [-0.2, -0.15) is 0 Å². The number of aliphatic hydroxyl groups excluding tert-OH is 1. The summed E-state index contributed by atoms with van der Waals surface area (Å²) in [4.78, 5) is 16.3. The molecule has 3 rings (SSSR count). The van der Waals surface area contributed by atoms with E-state index in [0.717, 1.165) is 18.7 Å². The molecule has 2 fully saturated rings. The van der Waals surface area contributed by atoms with Crippen LogP contribution in [-0.4, -0.2) is 66.8 Å². The zero-order valence-corrected chi connectivity index (χ0v) is 13.3. The van der Waals surface area contributed by atoms with Crippen LogP contribution in [0.25, 0.3) is 0 Å². The molecule has 0 atom stereocenters. The number of nitrogens with zero attached hydrogens (tertiary/aromatic N) is 2. The highest BCUT2D eigenvalue weighted by Crippen LogP contribution is 2.28. The topological polar surface area (TPSA) is 53.0 Å². The number of benzene rings is 1. The molecule has 0 radical (unpaired) electrons. The molecule has 22 heavy (non-hydrogen) atoms. The highest BCUT2D eigenvalue weighted by atomic mass is 35.5. The van der Waals surface area contributed by atoms with E-state index < -0.39 is 0 Å². The molecule has 5 nitrogen and oxygen atoms in total. The summed E-state index contributed by atoms with van der Waals surface area (Å²) in [6, 6.07) is 7.60. The first kappa shape index (κ1) is 15.7. The fraction of sp³-hybridized carbons (Fsp3) is 0.562. The van der Waals surface area contributed by atoms with Crippen LogP contribution in [0.15, 0.2) is 24.3 Å². The van der Waals surface area contributed by atoms with Gasteiger partial charge < -0.3 is 14.7 Å². The van der Waals surface area contributed by atoms with Gasteiger partial charge in [0.25, 0.3) is 0 Å². The lowest BCUT2D eigenvalue weighted by atomic mass is 9.86. The highest BCUT2D eigenvalue weighted by Gasteiger charge is 2.40. The van der Waals surface area contributed by atoms with E-state index in [1.165, 1.54) is 0 Å². The van der Waals surface area contributed by atoms with Gasteiger partial charge in [0.2, 0.25) is 5.91 Å². The Morgan fingerprint density at radius 3 is 2.50 bits per heavy atom. The molecule has 6 heteroatoms. The summed E-state index contributed by atoms with van der Waals surface area (Å²) < 4.78 is 5.21. The summed E-state index contributed by atoms with van der Waals surface area (Å²) in [5.74, 6) is 0.134. The van der Waals surface area contributed by atoms with Crippen LogP contribution in [0.2, 0.25) is 5.02 Å². The number of hydrogen-bond donors (Lipinski definition) is 1. The zero-order valence-electron chi connectivity index (χ0n) is 12.5. The minimum Gasteiger partial charge on any atom is -0.396 e. The Hall–Kier alpha value is -1.14. The SMILES string of the molecule is O=C1CN(CC2(CO)COC2)CCN1Cc1ccc(Cl)cc1. The summed E-state index contributed by atoms with van der Waals surface area (Å²) in [7, 11) is 0. The summed E-state index contributed by atoms with van der Waals surface area (Å²) in [5, 5.41) is 10.2. The van der Waals surface area contributed by atoms with Gasteiger partial charge in [-0.1, -0.05) is 23.7 Å². The minimum absolute atomic E-state index is 0.117. The second kappa shape index (κ2) is 6.54. The first-order chi connectivity index (χ1) is 10.6. The number of halogens is 1. The largest absolute Gasteiger partial charge is 0.396 e. The van der Waals surface area contributed by atoms with Gasteiger partial charge >= 0.3 is 0 Å². The van der Waals surface area contributed by atoms with Crippen LogP contribution < -0.4 is 0 Å². The molecule has 0 spiro atoms. The quantitative estimate of drug-likeness (QED) is 0.878. The third-order valence-electron chi connectivity index (χ3n) is 4.40. The number of aliphatic hydroxyl groups is 1. The molecule has 1 aromatic carbocycles. The number of rotatable bonds is 5. The molecule has 2 aliphatic heterocycles. The Balaban J connectivity index is 1.53. The summed E-state index contributed by atoms with van der Waals surface area (Å²) >= 11 is 5.88. The van der Waals surface area contributed by atoms with Crippen molar-refractivity contribution in [2.45, 2.75) is 6.54 Å². The van der Waals surface area contributed by atoms with Crippen LogP contribution in [0.5, 0.6) is 0 Å². The molecule has 0 aliphatic carbocycles. The van der Waals surface area contributed by atoms with Gasteiger partial charge in [-0.05, 0) is 17.7 Å². The van der Waals surface area contributed by atoms with Crippen LogP contribution in [0.4, 0.5) is 0 Å². The molecule has 0 bridgehead atoms. The highest BCUT2D eigenvalue weighted by molar-refractivity contribution is 6.30. The van der Waals surface area contributed by atoms with Crippen molar-refractivity contribution in [2.24, 2.45) is 5.41 Å². The first-order valence-corrected chi connectivity index (χ1v) is 7.91. The Morgan fingerprint density at radius 1 is 1.23 bits per heavy atom. The van der Waals surface area contributed by atoms with Gasteiger partial charge in [0.15, 0.2) is 0 Å². The average Bonchev–Trinajstić information content (AvgIpc) is 2.48. The van der Waals surface area contributed by atoms with Gasteiger partial charge in [0, 0.05) is 31.2 Å². The predicted octanol–water partition coefficient (Wildman–Crippen LogP) is 0.993. The van der Waals surface area contributed by atoms with E-state index in [0.29, 0.717) is 37.9 Å². The van der Waals surface area contributed by atoms with Gasteiger partial charge in [0.1, 0.15) is 0 Å². The van der Waals surface area contributed by atoms with Crippen LogP contribution in [0.1, 0.15) is 5.56 Å². The smallest absolute Gasteiger partial charge is 0.237 e. The molecule has 1 aromatic rings. The molecule has 120 valence electrons. The van der Waals surface area contributed by atoms with Crippen molar-refractivity contribution < 1.29 is 14.6 Å². The normalized spacial score (nSPS) is 21.7. The number of ether oxygens (including phenoxy) is 1. The van der Waals surface area contributed by atoms with Gasteiger partial charge in [-0.15, -0.1) is 0 Å². The number of carbonyl (C=O) groups excluding carboxylic acids is 1. The van der Waals surface area contributed by atoms with Crippen molar-refractivity contribution in [3.05, 3.63) is 34.9 Å². The standard InChI is InChI=1S/C16H21ClN2O3/c17-14-3-1-13(2-4-14)7-19-6-5-18(8-15(19)21)9-16(10-20)11-22-12-16/h1-4,20H,5-12H2. The number of carbonyl (C=O) groups is 1. The van der Waals surface area contributed by atoms with E-state index >= 15 is 0 Å². The molecule has 1 amide bonds. The van der Waals surface area contributed by atoms with E-state index in [2.05, 4.69) is 4.90 Å². The first-order valence-electron chi connectivity index (χ1n) is 7.53. The van der Waals surface area contributed by atoms with Crippen LogP contribution >= 0.6 is 11.6 Å². The molecule has 2 saturated heterocycles. The van der Waals surface area contributed by atoms with Crippen LogP contribution in [-0.2, 0) is 16.1 Å². The summed E-state index contributed by atoms with van der Waals surface area (Å²) in [6.45, 7) is 4.60. The van der Waals surface area contributed by atoms with Crippen LogP contribution in [0.3, 0.4) is 0 Å². The summed E-state index contributed by atoms with van der Waals surface area (Å²) in [5.41, 5.74) is 0.920. The molecule has 0 saturated carbocycles. The monoisotopic (exact) mass is 324 g/mol. The van der Waals surface area contributed by atoms with Gasteiger partial charge in [-0.3, -0.25) is 9.69 Å². The molecule has 2 aliphatic rings. The van der Waals surface area contributed by atoms with E-state index in [1.807, 2.05) is 29.2 Å². The third-order valence-corrected chi connectivity index (χ3v) is 4.65. The van der Waals surface area contributed by atoms with Crippen LogP contribution in [0, 0.1) is 5.41 Å². The maximum absolute atomic E-state index is 12.3. The van der Waals surface area contributed by atoms with E-state index in [1.54, 1.807) is 0 Å². The Kier molecular flexibility index (Phi) is 4.68. The molecule has 1 N–H and O–H groups in total. The zero-order chi connectivity index (χ0) is 15.6. The third kappa shape index (κ3) is 3.43. The van der Waals surface area contributed by atoms with Crippen molar-refractivity contribution >= 4 is 17.5 Å². The van der Waals surface area contributed by atoms with E-state index in [-0.39, 0.29) is 17.9 Å². The molecule has 0 aromatic heterocycles. The second-order valence-electron chi connectivity index (χ2n) is 6.30. The van der Waals surface area contributed by atoms with E-state index in [4.69, 9.17) is 16.3 Å². The van der Waals surface area contributed by atoms with E-state index in [9.17, 15) is 9.90 Å². The van der Waals surface area contributed by atoms with Crippen molar-refractivity contribution in [2.75, 3.05) is 46.0 Å². The number of piperazine rings is 1. The Bertz CT molecular complexity index is 525. The molecular weight excluding hydrogens is 304 g/mol. The maximum Gasteiger partial charge on any atom is 0.237 e. The predicted molar refractivity (Wildman–Crippen MR) is 83.6 cm³/mol. The summed E-state index contributed by atoms with van der Waals surface area (Å²) in [6.07, 6.45) is 0. The lowest BCUT2D eigenvalue weighted by Gasteiger charge is -2.45. The molecular formula is C16H21ClN2O3. The fourth-order valence-corrected chi connectivity index (χ4v) is 3.09. The minimum atomic E-state index is -0.168. The fourth-order valence-electron chi connectivity index (χ4n) is 2.97. The second-order valence-corrected chi connectivity index (χ2v) is 6.74. The maximum atomic E-state index is 12.3.